The van der Waals surface area contributed by atoms with E-state index >= 15 is 0 Å². The highest BCUT2D eigenvalue weighted by Gasteiger charge is 2.33. The molecule has 1 amide bonds. The highest BCUT2D eigenvalue weighted by Crippen LogP contribution is 2.39. The molecule has 0 aliphatic carbocycles. The van der Waals surface area contributed by atoms with Crippen molar-refractivity contribution in [3.05, 3.63) is 53.6 Å². The van der Waals surface area contributed by atoms with Crippen LogP contribution in [-0.2, 0) is 11.2 Å². The number of methoxy groups -OCH3 is 2. The summed E-state index contributed by atoms with van der Waals surface area (Å²) in [4.78, 5) is 17.4. The van der Waals surface area contributed by atoms with E-state index in [1.54, 1.807) is 14.2 Å². The molecule has 5 nitrogen and oxygen atoms in total. The molecule has 0 N–H and O–H groups in total. The minimum absolute atomic E-state index is 0.0420. The van der Waals surface area contributed by atoms with Crippen LogP contribution in [0.4, 0.5) is 5.69 Å². The predicted octanol–water partition coefficient (Wildman–Crippen LogP) is 3.43. The van der Waals surface area contributed by atoms with Gasteiger partial charge in [0.15, 0.2) is 0 Å². The second-order valence-corrected chi connectivity index (χ2v) is 7.15. The molecule has 2 heterocycles. The summed E-state index contributed by atoms with van der Waals surface area (Å²) >= 11 is 0. The summed E-state index contributed by atoms with van der Waals surface area (Å²) in [6.45, 7) is 2.13. The first kappa shape index (κ1) is 17.7. The second-order valence-electron chi connectivity index (χ2n) is 7.15. The number of nitrogens with zero attached hydrogens (tertiary/aromatic N) is 2. The van der Waals surface area contributed by atoms with Gasteiger partial charge in [-0.1, -0.05) is 18.2 Å². The maximum Gasteiger partial charge on any atom is 0.242 e. The van der Waals surface area contributed by atoms with Gasteiger partial charge in [-0.15, -0.1) is 0 Å². The molecule has 4 rings (SSSR count). The minimum Gasteiger partial charge on any atom is -0.497 e. The summed E-state index contributed by atoms with van der Waals surface area (Å²) in [7, 11) is 3.33. The van der Waals surface area contributed by atoms with E-state index in [1.165, 1.54) is 11.3 Å². The smallest absolute Gasteiger partial charge is 0.242 e. The topological polar surface area (TPSA) is 42.0 Å². The molecule has 0 bridgehead atoms. The molecule has 1 saturated heterocycles. The lowest BCUT2D eigenvalue weighted by atomic mass is 10.0. The molecule has 27 heavy (non-hydrogen) atoms. The number of rotatable bonds is 5. The van der Waals surface area contributed by atoms with Gasteiger partial charge in [-0.05, 0) is 49.1 Å². The summed E-state index contributed by atoms with van der Waals surface area (Å²) in [5.41, 5.74) is 3.56. The lowest BCUT2D eigenvalue weighted by Gasteiger charge is -2.29. The van der Waals surface area contributed by atoms with Crippen LogP contribution in [0, 0.1) is 0 Å². The molecule has 2 aliphatic rings. The molecule has 2 aliphatic heterocycles. The van der Waals surface area contributed by atoms with Crippen LogP contribution in [0.25, 0.3) is 0 Å². The highest BCUT2D eigenvalue weighted by molar-refractivity contribution is 5.83. The largest absolute Gasteiger partial charge is 0.497 e. The number of carbonyl (C=O) groups is 1. The summed E-state index contributed by atoms with van der Waals surface area (Å²) in [6.07, 6.45) is 2.97. The summed E-state index contributed by atoms with van der Waals surface area (Å²) in [5.74, 6) is 1.78. The number of fused-ring (bicyclic) bond motifs is 1. The van der Waals surface area contributed by atoms with Crippen molar-refractivity contribution < 1.29 is 14.3 Å². The van der Waals surface area contributed by atoms with Gasteiger partial charge in [0.1, 0.15) is 11.5 Å². The van der Waals surface area contributed by atoms with E-state index < -0.39 is 0 Å². The van der Waals surface area contributed by atoms with Crippen LogP contribution in [-0.4, -0.2) is 44.7 Å². The van der Waals surface area contributed by atoms with Gasteiger partial charge in [0.25, 0.3) is 0 Å². The molecule has 1 fully saturated rings. The third-order valence-electron chi connectivity index (χ3n) is 5.68. The maximum absolute atomic E-state index is 13.2. The average molecular weight is 366 g/mol. The number of ether oxygens (including phenoxy) is 2. The molecule has 142 valence electrons. The van der Waals surface area contributed by atoms with Gasteiger partial charge in [-0.2, -0.15) is 0 Å². The fraction of sp³-hybridized carbons (Fsp3) is 0.409. The molecular formula is C22H26N2O3. The van der Waals surface area contributed by atoms with Crippen LogP contribution in [0.15, 0.2) is 42.5 Å². The molecule has 0 spiro atoms. The molecular weight excluding hydrogens is 340 g/mol. The zero-order valence-corrected chi connectivity index (χ0v) is 16.0. The number of hydrogen-bond acceptors (Lipinski definition) is 4. The predicted molar refractivity (Wildman–Crippen MR) is 106 cm³/mol. The van der Waals surface area contributed by atoms with Crippen LogP contribution in [0.2, 0.25) is 0 Å². The molecule has 0 radical (unpaired) electrons. The Morgan fingerprint density at radius 2 is 1.96 bits per heavy atom. The molecule has 0 unspecified atom stereocenters. The van der Waals surface area contributed by atoms with Crippen molar-refractivity contribution in [3.8, 4) is 11.5 Å². The zero-order valence-electron chi connectivity index (χ0n) is 16.0. The molecule has 2 aromatic carbocycles. The van der Waals surface area contributed by atoms with E-state index in [1.807, 2.05) is 29.2 Å². The van der Waals surface area contributed by atoms with Crippen molar-refractivity contribution in [1.29, 1.82) is 0 Å². The standard InChI is InChI=1S/C22H26N2O3/c1-26-17-9-10-21(27-2)18(14-17)20-8-5-12-24(20)22(25)15-23-13-11-16-6-3-4-7-19(16)23/h3-4,6-7,9-10,14,20H,5,8,11-13,15H2,1-2H3/t20-/m0/s1. The van der Waals surface area contributed by atoms with E-state index in [2.05, 4.69) is 23.1 Å². The fourth-order valence-electron chi connectivity index (χ4n) is 4.31. The third-order valence-corrected chi connectivity index (χ3v) is 5.68. The molecule has 0 aromatic heterocycles. The Kier molecular flexibility index (Phi) is 4.92. The van der Waals surface area contributed by atoms with Crippen molar-refractivity contribution in [2.24, 2.45) is 0 Å². The highest BCUT2D eigenvalue weighted by atomic mass is 16.5. The molecule has 5 heteroatoms. The SMILES string of the molecule is COc1ccc(OC)c([C@@H]2CCCN2C(=O)CN2CCc3ccccc32)c1. The summed E-state index contributed by atoms with van der Waals surface area (Å²) in [5, 5.41) is 0. The Bertz CT molecular complexity index is 836. The van der Waals surface area contributed by atoms with E-state index in [4.69, 9.17) is 9.47 Å². The number of benzene rings is 2. The van der Waals surface area contributed by atoms with Crippen molar-refractivity contribution in [3.63, 3.8) is 0 Å². The Labute approximate surface area is 160 Å². The van der Waals surface area contributed by atoms with Gasteiger partial charge in [0.2, 0.25) is 5.91 Å². The van der Waals surface area contributed by atoms with Gasteiger partial charge in [0.05, 0.1) is 26.8 Å². The lowest BCUT2D eigenvalue weighted by molar-refractivity contribution is -0.130. The minimum atomic E-state index is 0.0420. The Morgan fingerprint density at radius 3 is 2.78 bits per heavy atom. The summed E-state index contributed by atoms with van der Waals surface area (Å²) in [6, 6.07) is 14.2. The number of hydrogen-bond donors (Lipinski definition) is 0. The Hall–Kier alpha value is -2.69. The monoisotopic (exact) mass is 366 g/mol. The Morgan fingerprint density at radius 1 is 1.11 bits per heavy atom. The quantitative estimate of drug-likeness (QED) is 0.813. The number of likely N-dealkylation sites (tertiary alicyclic amines) is 1. The first-order valence-electron chi connectivity index (χ1n) is 9.55. The number of carbonyl (C=O) groups excluding carboxylic acids is 1. The molecule has 2 aromatic rings. The van der Waals surface area contributed by atoms with E-state index in [0.29, 0.717) is 6.54 Å². The third kappa shape index (κ3) is 3.34. The van der Waals surface area contributed by atoms with Gasteiger partial charge in [-0.25, -0.2) is 0 Å². The van der Waals surface area contributed by atoms with Gasteiger partial charge in [0, 0.05) is 24.3 Å². The molecule has 0 saturated carbocycles. The van der Waals surface area contributed by atoms with E-state index in [0.717, 1.165) is 49.4 Å². The van der Waals surface area contributed by atoms with Crippen molar-refractivity contribution in [2.45, 2.75) is 25.3 Å². The molecule has 1 atom stereocenters. The van der Waals surface area contributed by atoms with Crippen LogP contribution in [0.1, 0.15) is 30.0 Å². The van der Waals surface area contributed by atoms with Crippen molar-refractivity contribution in [1.82, 2.24) is 4.90 Å². The first-order chi connectivity index (χ1) is 13.2. The van der Waals surface area contributed by atoms with E-state index in [-0.39, 0.29) is 11.9 Å². The van der Waals surface area contributed by atoms with Gasteiger partial charge < -0.3 is 19.3 Å². The van der Waals surface area contributed by atoms with Gasteiger partial charge in [-0.3, -0.25) is 4.79 Å². The van der Waals surface area contributed by atoms with Crippen molar-refractivity contribution >= 4 is 11.6 Å². The first-order valence-corrected chi connectivity index (χ1v) is 9.55. The number of amides is 1. The Balaban J connectivity index is 1.54. The van der Waals surface area contributed by atoms with Crippen LogP contribution in [0.3, 0.4) is 0 Å². The number of para-hydroxylation sites is 1. The second kappa shape index (κ2) is 7.51. The average Bonchev–Trinajstić information content (AvgIpc) is 3.35. The van der Waals surface area contributed by atoms with E-state index in [9.17, 15) is 4.79 Å². The lowest BCUT2D eigenvalue weighted by Crippen LogP contribution is -2.39. The summed E-state index contributed by atoms with van der Waals surface area (Å²) < 4.78 is 11.0. The maximum atomic E-state index is 13.2. The van der Waals surface area contributed by atoms with Crippen LogP contribution < -0.4 is 14.4 Å². The van der Waals surface area contributed by atoms with Crippen molar-refractivity contribution in [2.75, 3.05) is 38.8 Å². The normalized spacial score (nSPS) is 18.5. The van der Waals surface area contributed by atoms with Gasteiger partial charge >= 0.3 is 0 Å². The number of anilines is 1. The fourth-order valence-corrected chi connectivity index (χ4v) is 4.31. The zero-order chi connectivity index (χ0) is 18.8. The van der Waals surface area contributed by atoms with Crippen LogP contribution in [0.5, 0.6) is 11.5 Å². The van der Waals surface area contributed by atoms with Crippen LogP contribution >= 0.6 is 0 Å².